The maximum atomic E-state index is 5.21. The van der Waals surface area contributed by atoms with Gasteiger partial charge in [0.15, 0.2) is 4.77 Å². The first-order chi connectivity index (χ1) is 5.79. The minimum atomic E-state index is 0.633. The summed E-state index contributed by atoms with van der Waals surface area (Å²) in [6, 6.07) is 0.633. The lowest BCUT2D eigenvalue weighted by Crippen LogP contribution is -2.09. The van der Waals surface area contributed by atoms with E-state index >= 15 is 0 Å². The number of hydrogen-bond acceptors (Lipinski definition) is 2. The normalized spacial score (nSPS) is 23.2. The second-order valence-corrected chi connectivity index (χ2v) is 4.66. The molecule has 2 rings (SSSR count). The molecular weight excluding hydrogens is 188 g/mol. The van der Waals surface area contributed by atoms with E-state index in [-0.39, 0.29) is 0 Å². The summed E-state index contributed by atoms with van der Waals surface area (Å²) in [4.78, 5) is 3.08. The third-order valence-electron chi connectivity index (χ3n) is 2.27. The molecule has 2 heterocycles. The van der Waals surface area contributed by atoms with Crippen molar-refractivity contribution in [1.82, 2.24) is 9.55 Å². The van der Waals surface area contributed by atoms with Gasteiger partial charge in [0.05, 0.1) is 0 Å². The molecule has 1 saturated heterocycles. The molecule has 0 amide bonds. The average molecular weight is 200 g/mol. The maximum absolute atomic E-state index is 5.21. The van der Waals surface area contributed by atoms with E-state index in [0.29, 0.717) is 6.04 Å². The maximum Gasteiger partial charge on any atom is 0.177 e. The lowest BCUT2D eigenvalue weighted by Gasteiger charge is -2.11. The number of nitrogens with zero attached hydrogens (tertiary/aromatic N) is 1. The molecule has 1 aromatic rings. The van der Waals surface area contributed by atoms with Crippen LogP contribution in [0.1, 0.15) is 18.2 Å². The van der Waals surface area contributed by atoms with E-state index in [0.717, 1.165) is 4.77 Å². The molecule has 1 aromatic heterocycles. The van der Waals surface area contributed by atoms with Crippen LogP contribution in [0.15, 0.2) is 6.20 Å². The Balaban J connectivity index is 2.37. The van der Waals surface area contributed by atoms with Crippen molar-refractivity contribution in [3.63, 3.8) is 0 Å². The highest BCUT2D eigenvalue weighted by molar-refractivity contribution is 7.99. The number of H-pyrrole nitrogens is 1. The Hall–Kier alpha value is -0.220. The second-order valence-electron chi connectivity index (χ2n) is 3.12. The monoisotopic (exact) mass is 200 g/mol. The molecule has 1 aliphatic rings. The van der Waals surface area contributed by atoms with Crippen molar-refractivity contribution in [1.29, 1.82) is 0 Å². The first kappa shape index (κ1) is 8.38. The number of thioether (sulfide) groups is 1. The van der Waals surface area contributed by atoms with Gasteiger partial charge in [0.1, 0.15) is 0 Å². The van der Waals surface area contributed by atoms with Gasteiger partial charge < -0.3 is 9.55 Å². The summed E-state index contributed by atoms with van der Waals surface area (Å²) in [5, 5.41) is 0. The van der Waals surface area contributed by atoms with Crippen LogP contribution in [0.3, 0.4) is 0 Å². The van der Waals surface area contributed by atoms with Crippen LogP contribution in [-0.2, 0) is 0 Å². The van der Waals surface area contributed by atoms with Crippen LogP contribution in [0.2, 0.25) is 0 Å². The van der Waals surface area contributed by atoms with E-state index in [4.69, 9.17) is 12.2 Å². The minimum Gasteiger partial charge on any atom is -0.337 e. The Kier molecular flexibility index (Phi) is 2.28. The van der Waals surface area contributed by atoms with Crippen molar-refractivity contribution in [2.75, 3.05) is 11.5 Å². The van der Waals surface area contributed by atoms with Gasteiger partial charge in [-0.2, -0.15) is 11.8 Å². The molecule has 12 heavy (non-hydrogen) atoms. The Labute approximate surface area is 81.4 Å². The standard InChI is InChI=1S/C8H12N2S2/c1-6-4-9-8(11)10(6)7-2-3-12-5-7/h4,7H,2-3,5H2,1H3,(H,9,11). The third-order valence-corrected chi connectivity index (χ3v) is 3.73. The Morgan fingerprint density at radius 2 is 2.58 bits per heavy atom. The van der Waals surface area contributed by atoms with Crippen LogP contribution in [0.5, 0.6) is 0 Å². The Morgan fingerprint density at radius 3 is 3.08 bits per heavy atom. The highest BCUT2D eigenvalue weighted by Gasteiger charge is 2.18. The molecule has 66 valence electrons. The predicted molar refractivity (Wildman–Crippen MR) is 55.3 cm³/mol. The lowest BCUT2D eigenvalue weighted by molar-refractivity contribution is 0.542. The zero-order chi connectivity index (χ0) is 8.55. The fourth-order valence-corrected chi connectivity index (χ4v) is 3.19. The molecule has 2 nitrogen and oxygen atoms in total. The molecule has 0 radical (unpaired) electrons. The van der Waals surface area contributed by atoms with Crippen molar-refractivity contribution in [3.8, 4) is 0 Å². The van der Waals surface area contributed by atoms with Gasteiger partial charge in [0, 0.05) is 23.7 Å². The number of aryl methyl sites for hydroxylation is 1. The molecule has 4 heteroatoms. The van der Waals surface area contributed by atoms with Crippen molar-refractivity contribution in [2.24, 2.45) is 0 Å². The molecule has 1 fully saturated rings. The van der Waals surface area contributed by atoms with Crippen molar-refractivity contribution >= 4 is 24.0 Å². The molecule has 0 aliphatic carbocycles. The molecule has 1 atom stereocenters. The highest BCUT2D eigenvalue weighted by Crippen LogP contribution is 2.28. The van der Waals surface area contributed by atoms with Crippen LogP contribution >= 0.6 is 24.0 Å². The number of aromatic nitrogens is 2. The fraction of sp³-hybridized carbons (Fsp3) is 0.625. The zero-order valence-electron chi connectivity index (χ0n) is 7.04. The predicted octanol–water partition coefficient (Wildman–Crippen LogP) is 2.53. The van der Waals surface area contributed by atoms with Gasteiger partial charge in [-0.05, 0) is 31.3 Å². The fourth-order valence-electron chi connectivity index (χ4n) is 1.64. The first-order valence-corrected chi connectivity index (χ1v) is 5.69. The van der Waals surface area contributed by atoms with E-state index < -0.39 is 0 Å². The minimum absolute atomic E-state index is 0.633. The summed E-state index contributed by atoms with van der Waals surface area (Å²) >= 11 is 7.22. The Morgan fingerprint density at radius 1 is 1.75 bits per heavy atom. The van der Waals surface area contributed by atoms with Gasteiger partial charge in [-0.3, -0.25) is 0 Å². The largest absolute Gasteiger partial charge is 0.337 e. The summed E-state index contributed by atoms with van der Waals surface area (Å²) in [6.45, 7) is 2.11. The Bertz CT molecular complexity index is 320. The van der Waals surface area contributed by atoms with Crippen molar-refractivity contribution in [3.05, 3.63) is 16.7 Å². The number of nitrogens with one attached hydrogen (secondary N) is 1. The number of rotatable bonds is 1. The van der Waals surface area contributed by atoms with Crippen LogP contribution in [0.4, 0.5) is 0 Å². The van der Waals surface area contributed by atoms with E-state index in [2.05, 4.69) is 16.5 Å². The number of aromatic amines is 1. The summed E-state index contributed by atoms with van der Waals surface area (Å²) in [7, 11) is 0. The molecule has 0 aromatic carbocycles. The smallest absolute Gasteiger partial charge is 0.177 e. The molecule has 0 bridgehead atoms. The van der Waals surface area contributed by atoms with Crippen molar-refractivity contribution in [2.45, 2.75) is 19.4 Å². The van der Waals surface area contributed by atoms with E-state index in [1.54, 1.807) is 0 Å². The third kappa shape index (κ3) is 1.33. The first-order valence-electron chi connectivity index (χ1n) is 4.13. The number of imidazole rings is 1. The number of hydrogen-bond donors (Lipinski definition) is 1. The highest BCUT2D eigenvalue weighted by atomic mass is 32.2. The van der Waals surface area contributed by atoms with Gasteiger partial charge in [0.2, 0.25) is 0 Å². The molecule has 1 N–H and O–H groups in total. The SMILES string of the molecule is Cc1c[nH]c(=S)n1C1CCSC1. The molecular formula is C8H12N2S2. The molecule has 0 spiro atoms. The quantitative estimate of drug-likeness (QED) is 0.703. The summed E-state index contributed by atoms with van der Waals surface area (Å²) in [6.07, 6.45) is 3.25. The average Bonchev–Trinajstić information content (AvgIpc) is 2.61. The molecule has 1 unspecified atom stereocenters. The summed E-state index contributed by atoms with van der Waals surface area (Å²) in [5.74, 6) is 2.49. The van der Waals surface area contributed by atoms with Gasteiger partial charge in [-0.25, -0.2) is 0 Å². The lowest BCUT2D eigenvalue weighted by atomic mass is 10.2. The summed E-state index contributed by atoms with van der Waals surface area (Å²) < 4.78 is 3.12. The van der Waals surface area contributed by atoms with Crippen LogP contribution in [0, 0.1) is 11.7 Å². The zero-order valence-corrected chi connectivity index (χ0v) is 8.67. The molecule has 0 saturated carbocycles. The van der Waals surface area contributed by atoms with Crippen LogP contribution in [-0.4, -0.2) is 21.1 Å². The topological polar surface area (TPSA) is 20.7 Å². The van der Waals surface area contributed by atoms with Crippen LogP contribution in [0.25, 0.3) is 0 Å². The second kappa shape index (κ2) is 3.26. The van der Waals surface area contributed by atoms with Crippen LogP contribution < -0.4 is 0 Å². The van der Waals surface area contributed by atoms with E-state index in [1.807, 2.05) is 18.0 Å². The molecule has 1 aliphatic heterocycles. The van der Waals surface area contributed by atoms with Gasteiger partial charge in [-0.1, -0.05) is 0 Å². The summed E-state index contributed by atoms with van der Waals surface area (Å²) in [5.41, 5.74) is 1.26. The van der Waals surface area contributed by atoms with Crippen molar-refractivity contribution < 1.29 is 0 Å². The van der Waals surface area contributed by atoms with E-state index in [9.17, 15) is 0 Å². The van der Waals surface area contributed by atoms with Gasteiger partial charge in [0.25, 0.3) is 0 Å². The van der Waals surface area contributed by atoms with Gasteiger partial charge in [-0.15, -0.1) is 0 Å². The van der Waals surface area contributed by atoms with Gasteiger partial charge >= 0.3 is 0 Å². The van der Waals surface area contributed by atoms with E-state index in [1.165, 1.54) is 23.6 Å².